The lowest BCUT2D eigenvalue weighted by molar-refractivity contribution is -0.128. The van der Waals surface area contributed by atoms with Gasteiger partial charge in [-0.3, -0.25) is 9.69 Å². The van der Waals surface area contributed by atoms with Crippen molar-refractivity contribution in [1.29, 1.82) is 0 Å². The Kier molecular flexibility index (Phi) is 4.48. The maximum atomic E-state index is 11.4. The van der Waals surface area contributed by atoms with Gasteiger partial charge in [0.15, 0.2) is 0 Å². The Morgan fingerprint density at radius 2 is 2.05 bits per heavy atom. The van der Waals surface area contributed by atoms with E-state index in [0.717, 1.165) is 50.8 Å². The molecule has 5 nitrogen and oxygen atoms in total. The minimum absolute atomic E-state index is 0.00450. The van der Waals surface area contributed by atoms with Gasteiger partial charge in [-0.05, 0) is 6.42 Å². The second-order valence-corrected chi connectivity index (χ2v) is 6.50. The summed E-state index contributed by atoms with van der Waals surface area (Å²) in [6.45, 7) is 12.2. The Balaban J connectivity index is 1.93. The molecule has 20 heavy (non-hydrogen) atoms. The molecule has 0 N–H and O–H groups in total. The number of hydrogen-bond acceptors (Lipinski definition) is 4. The van der Waals surface area contributed by atoms with Gasteiger partial charge in [0.1, 0.15) is 5.76 Å². The van der Waals surface area contributed by atoms with Crippen molar-refractivity contribution in [3.63, 3.8) is 0 Å². The third-order valence-corrected chi connectivity index (χ3v) is 3.69. The molecule has 0 aliphatic carbocycles. The molecule has 0 bridgehead atoms. The van der Waals surface area contributed by atoms with Gasteiger partial charge in [-0.1, -0.05) is 20.8 Å². The van der Waals surface area contributed by atoms with E-state index >= 15 is 0 Å². The fourth-order valence-corrected chi connectivity index (χ4v) is 2.37. The molecule has 1 aromatic heterocycles. The number of carbonyl (C=O) groups is 1. The van der Waals surface area contributed by atoms with Crippen molar-refractivity contribution < 1.29 is 9.21 Å². The Labute approximate surface area is 121 Å². The van der Waals surface area contributed by atoms with Gasteiger partial charge < -0.3 is 9.32 Å². The summed E-state index contributed by atoms with van der Waals surface area (Å²) in [5.41, 5.74) is -0.00450. The lowest BCUT2D eigenvalue weighted by Crippen LogP contribution is -2.33. The molecular weight excluding hydrogens is 254 g/mol. The summed E-state index contributed by atoms with van der Waals surface area (Å²) in [7, 11) is 0. The van der Waals surface area contributed by atoms with E-state index in [1.54, 1.807) is 6.92 Å². The number of hydrogen-bond donors (Lipinski definition) is 0. The topological polar surface area (TPSA) is 49.6 Å². The smallest absolute Gasteiger partial charge is 0.219 e. The minimum atomic E-state index is -0.00450. The number of rotatable bonds is 2. The average molecular weight is 279 g/mol. The Bertz CT molecular complexity index is 462. The zero-order chi connectivity index (χ0) is 14.8. The monoisotopic (exact) mass is 279 g/mol. The molecule has 0 saturated carbocycles. The summed E-state index contributed by atoms with van der Waals surface area (Å²) in [5, 5.41) is 0. The maximum Gasteiger partial charge on any atom is 0.219 e. The van der Waals surface area contributed by atoms with Gasteiger partial charge >= 0.3 is 0 Å². The average Bonchev–Trinajstić information content (AvgIpc) is 2.68. The molecule has 0 atom stereocenters. The molecule has 1 fully saturated rings. The van der Waals surface area contributed by atoms with Gasteiger partial charge in [-0.15, -0.1) is 0 Å². The van der Waals surface area contributed by atoms with Crippen molar-refractivity contribution in [2.75, 3.05) is 26.2 Å². The molecule has 2 rings (SSSR count). The van der Waals surface area contributed by atoms with Crippen LogP contribution in [0.2, 0.25) is 0 Å². The summed E-state index contributed by atoms with van der Waals surface area (Å²) >= 11 is 0. The highest BCUT2D eigenvalue weighted by atomic mass is 16.4. The van der Waals surface area contributed by atoms with E-state index < -0.39 is 0 Å². The zero-order valence-corrected chi connectivity index (χ0v) is 13.0. The molecule has 5 heteroatoms. The van der Waals surface area contributed by atoms with Gasteiger partial charge in [0.2, 0.25) is 11.8 Å². The number of carbonyl (C=O) groups excluding carboxylic acids is 1. The van der Waals surface area contributed by atoms with E-state index in [4.69, 9.17) is 4.42 Å². The molecular formula is C15H25N3O2. The third-order valence-electron chi connectivity index (χ3n) is 3.69. The fraction of sp³-hybridized carbons (Fsp3) is 0.733. The number of amides is 1. The van der Waals surface area contributed by atoms with E-state index in [1.165, 1.54) is 0 Å². The Morgan fingerprint density at radius 3 is 2.65 bits per heavy atom. The molecule has 0 aromatic carbocycles. The minimum Gasteiger partial charge on any atom is -0.444 e. The summed E-state index contributed by atoms with van der Waals surface area (Å²) in [6, 6.07) is 0. The van der Waals surface area contributed by atoms with Crippen molar-refractivity contribution in [2.45, 2.75) is 46.1 Å². The molecule has 1 aromatic rings. The van der Waals surface area contributed by atoms with E-state index in [1.807, 2.05) is 11.1 Å². The standard InChI is InChI=1S/C15H25N3O2/c1-12(19)18-7-5-6-17(8-9-18)11-14-16-10-13(20-14)15(2,3)4/h10H,5-9,11H2,1-4H3. The number of aromatic nitrogens is 1. The summed E-state index contributed by atoms with van der Waals surface area (Å²) < 4.78 is 5.83. The van der Waals surface area contributed by atoms with Crippen molar-refractivity contribution in [3.05, 3.63) is 17.8 Å². The zero-order valence-electron chi connectivity index (χ0n) is 13.0. The van der Waals surface area contributed by atoms with E-state index in [0.29, 0.717) is 0 Å². The molecule has 1 saturated heterocycles. The molecule has 0 unspecified atom stereocenters. The van der Waals surface area contributed by atoms with Crippen LogP contribution in [-0.4, -0.2) is 46.9 Å². The second kappa shape index (κ2) is 5.95. The van der Waals surface area contributed by atoms with Crippen LogP contribution in [0.1, 0.15) is 45.8 Å². The molecule has 0 spiro atoms. The van der Waals surface area contributed by atoms with Crippen LogP contribution in [0.5, 0.6) is 0 Å². The molecule has 0 radical (unpaired) electrons. The Hall–Kier alpha value is -1.36. The van der Waals surface area contributed by atoms with Crippen molar-refractivity contribution >= 4 is 5.91 Å². The first kappa shape index (κ1) is 15.0. The molecule has 1 aliphatic heterocycles. The van der Waals surface area contributed by atoms with Crippen LogP contribution in [0.15, 0.2) is 10.6 Å². The van der Waals surface area contributed by atoms with E-state index in [-0.39, 0.29) is 11.3 Å². The predicted octanol–water partition coefficient (Wildman–Crippen LogP) is 2.03. The highest BCUT2D eigenvalue weighted by molar-refractivity contribution is 5.73. The van der Waals surface area contributed by atoms with Crippen molar-refractivity contribution in [1.82, 2.24) is 14.8 Å². The SMILES string of the molecule is CC(=O)N1CCCN(Cc2ncc(C(C)(C)C)o2)CC1. The van der Waals surface area contributed by atoms with Crippen LogP contribution in [0, 0.1) is 0 Å². The first-order valence-electron chi connectivity index (χ1n) is 7.29. The van der Waals surface area contributed by atoms with Gasteiger partial charge in [0, 0.05) is 38.5 Å². The van der Waals surface area contributed by atoms with Crippen LogP contribution in [0.4, 0.5) is 0 Å². The van der Waals surface area contributed by atoms with Gasteiger partial charge in [0.25, 0.3) is 0 Å². The largest absolute Gasteiger partial charge is 0.444 e. The summed E-state index contributed by atoms with van der Waals surface area (Å²) in [5.74, 6) is 1.86. The fourth-order valence-electron chi connectivity index (χ4n) is 2.37. The third kappa shape index (κ3) is 3.82. The first-order valence-corrected chi connectivity index (χ1v) is 7.29. The highest BCUT2D eigenvalue weighted by Gasteiger charge is 2.21. The molecule has 2 heterocycles. The number of oxazole rings is 1. The lowest BCUT2D eigenvalue weighted by Gasteiger charge is -2.20. The van der Waals surface area contributed by atoms with Gasteiger partial charge in [0.05, 0.1) is 12.7 Å². The van der Waals surface area contributed by atoms with Crippen molar-refractivity contribution in [2.24, 2.45) is 0 Å². The second-order valence-electron chi connectivity index (χ2n) is 6.50. The van der Waals surface area contributed by atoms with Crippen LogP contribution in [0.25, 0.3) is 0 Å². The van der Waals surface area contributed by atoms with Gasteiger partial charge in [-0.2, -0.15) is 0 Å². The number of nitrogens with zero attached hydrogens (tertiary/aromatic N) is 3. The van der Waals surface area contributed by atoms with Crippen LogP contribution in [-0.2, 0) is 16.8 Å². The Morgan fingerprint density at radius 1 is 1.30 bits per heavy atom. The molecule has 1 amide bonds. The van der Waals surface area contributed by atoms with E-state index in [2.05, 4.69) is 30.7 Å². The quantitative estimate of drug-likeness (QED) is 0.831. The van der Waals surface area contributed by atoms with Crippen molar-refractivity contribution in [3.8, 4) is 0 Å². The van der Waals surface area contributed by atoms with Crippen LogP contribution < -0.4 is 0 Å². The predicted molar refractivity (Wildman–Crippen MR) is 77.4 cm³/mol. The van der Waals surface area contributed by atoms with Gasteiger partial charge in [-0.25, -0.2) is 4.98 Å². The molecule has 1 aliphatic rings. The summed E-state index contributed by atoms with van der Waals surface area (Å²) in [4.78, 5) is 20.0. The first-order chi connectivity index (χ1) is 9.36. The van der Waals surface area contributed by atoms with Crippen LogP contribution in [0.3, 0.4) is 0 Å². The molecule has 112 valence electrons. The lowest BCUT2D eigenvalue weighted by atomic mass is 9.94. The normalized spacial score (nSPS) is 18.1. The van der Waals surface area contributed by atoms with Crippen LogP contribution >= 0.6 is 0 Å². The van der Waals surface area contributed by atoms with E-state index in [9.17, 15) is 4.79 Å². The summed E-state index contributed by atoms with van der Waals surface area (Å²) in [6.07, 6.45) is 2.83. The highest BCUT2D eigenvalue weighted by Crippen LogP contribution is 2.23. The maximum absolute atomic E-state index is 11.4.